The highest BCUT2D eigenvalue weighted by Gasteiger charge is 2.16. The number of hydrogen-bond acceptors (Lipinski definition) is 2. The van der Waals surface area contributed by atoms with Gasteiger partial charge in [0.05, 0.1) is 18.0 Å². The minimum atomic E-state index is 0.585. The maximum atomic E-state index is 3.38. The maximum absolute atomic E-state index is 3.38. The Kier molecular flexibility index (Phi) is 1.91. The molecular formula is C11H16N2. The quantitative estimate of drug-likeness (QED) is 0.687. The second-order valence-corrected chi connectivity index (χ2v) is 3.91. The minimum Gasteiger partial charge on any atom is -0.366 e. The van der Waals surface area contributed by atoms with Gasteiger partial charge in [-0.1, -0.05) is 26.0 Å². The number of fused-ring (bicyclic) bond motifs is 1. The lowest BCUT2D eigenvalue weighted by molar-refractivity contribution is 0.869. The molecule has 0 spiro atoms. The zero-order valence-electron chi connectivity index (χ0n) is 8.44. The molecule has 2 N–H and O–H groups in total. The van der Waals surface area contributed by atoms with Crippen molar-refractivity contribution in [1.82, 2.24) is 0 Å². The number of aryl methyl sites for hydroxylation is 1. The molecule has 0 saturated heterocycles. The number of benzene rings is 1. The summed E-state index contributed by atoms with van der Waals surface area (Å²) in [6.07, 6.45) is 0. The molecule has 0 atom stereocenters. The van der Waals surface area contributed by atoms with Crippen LogP contribution in [0.25, 0.3) is 0 Å². The Bertz CT molecular complexity index is 329. The van der Waals surface area contributed by atoms with Crippen molar-refractivity contribution in [1.29, 1.82) is 0 Å². The van der Waals surface area contributed by atoms with Crippen molar-refractivity contribution < 1.29 is 0 Å². The van der Waals surface area contributed by atoms with Gasteiger partial charge in [-0.15, -0.1) is 0 Å². The Hall–Kier alpha value is -1.18. The van der Waals surface area contributed by atoms with Gasteiger partial charge in [0.2, 0.25) is 0 Å². The van der Waals surface area contributed by atoms with E-state index in [0.717, 1.165) is 6.67 Å². The van der Waals surface area contributed by atoms with Crippen LogP contribution >= 0.6 is 0 Å². The van der Waals surface area contributed by atoms with Crippen LogP contribution in [0.15, 0.2) is 12.1 Å². The highest BCUT2D eigenvalue weighted by Crippen LogP contribution is 2.36. The summed E-state index contributed by atoms with van der Waals surface area (Å²) in [5.74, 6) is 0.585. The fourth-order valence-corrected chi connectivity index (χ4v) is 1.84. The number of anilines is 2. The number of nitrogens with one attached hydrogen (secondary N) is 2. The molecule has 13 heavy (non-hydrogen) atoms. The van der Waals surface area contributed by atoms with Crippen LogP contribution in [0, 0.1) is 6.92 Å². The summed E-state index contributed by atoms with van der Waals surface area (Å²) in [6.45, 7) is 7.46. The van der Waals surface area contributed by atoms with Gasteiger partial charge in [-0.05, 0) is 24.0 Å². The lowest BCUT2D eigenvalue weighted by Crippen LogP contribution is -2.00. The smallest absolute Gasteiger partial charge is 0.0851 e. The van der Waals surface area contributed by atoms with Crippen LogP contribution in [0.4, 0.5) is 11.4 Å². The molecule has 1 heterocycles. The van der Waals surface area contributed by atoms with Crippen LogP contribution in [-0.4, -0.2) is 6.67 Å². The van der Waals surface area contributed by atoms with Gasteiger partial charge in [-0.25, -0.2) is 0 Å². The van der Waals surface area contributed by atoms with Crippen molar-refractivity contribution in [3.63, 3.8) is 0 Å². The predicted molar refractivity (Wildman–Crippen MR) is 57.4 cm³/mol. The Morgan fingerprint density at radius 1 is 1.15 bits per heavy atom. The Labute approximate surface area is 79.4 Å². The lowest BCUT2D eigenvalue weighted by Gasteiger charge is -2.12. The van der Waals surface area contributed by atoms with E-state index in [0.29, 0.717) is 5.92 Å². The molecule has 1 aromatic rings. The average Bonchev–Trinajstić information content (AvgIpc) is 2.53. The van der Waals surface area contributed by atoms with Gasteiger partial charge in [0, 0.05) is 0 Å². The molecule has 1 aliphatic heterocycles. The van der Waals surface area contributed by atoms with Crippen LogP contribution in [0.5, 0.6) is 0 Å². The molecule has 0 amide bonds. The molecule has 0 aromatic heterocycles. The maximum Gasteiger partial charge on any atom is 0.0851 e. The molecule has 0 unspecified atom stereocenters. The molecule has 1 aromatic carbocycles. The third-order valence-corrected chi connectivity index (χ3v) is 2.60. The fraction of sp³-hybridized carbons (Fsp3) is 0.455. The fourth-order valence-electron chi connectivity index (χ4n) is 1.84. The van der Waals surface area contributed by atoms with Gasteiger partial charge in [0.15, 0.2) is 0 Å². The predicted octanol–water partition coefficient (Wildman–Crippen LogP) is 2.91. The summed E-state index contributed by atoms with van der Waals surface area (Å²) in [5, 5.41) is 6.73. The van der Waals surface area contributed by atoms with Gasteiger partial charge >= 0.3 is 0 Å². The van der Waals surface area contributed by atoms with Gasteiger partial charge < -0.3 is 10.6 Å². The van der Waals surface area contributed by atoms with E-state index >= 15 is 0 Å². The third-order valence-electron chi connectivity index (χ3n) is 2.60. The monoisotopic (exact) mass is 176 g/mol. The Balaban J connectivity index is 2.56. The second-order valence-electron chi connectivity index (χ2n) is 3.91. The molecule has 0 bridgehead atoms. The SMILES string of the molecule is Cc1ccc(C(C)C)c2c1NCN2. The van der Waals surface area contributed by atoms with Crippen molar-refractivity contribution in [2.75, 3.05) is 17.3 Å². The third kappa shape index (κ3) is 1.26. The number of rotatable bonds is 1. The molecule has 0 saturated carbocycles. The van der Waals surface area contributed by atoms with Crippen LogP contribution in [-0.2, 0) is 0 Å². The van der Waals surface area contributed by atoms with E-state index in [-0.39, 0.29) is 0 Å². The first kappa shape index (κ1) is 8.42. The van der Waals surface area contributed by atoms with E-state index in [2.05, 4.69) is 43.5 Å². The van der Waals surface area contributed by atoms with E-state index < -0.39 is 0 Å². The Morgan fingerprint density at radius 3 is 2.54 bits per heavy atom. The van der Waals surface area contributed by atoms with Crippen molar-refractivity contribution in [3.8, 4) is 0 Å². The van der Waals surface area contributed by atoms with E-state index in [4.69, 9.17) is 0 Å². The van der Waals surface area contributed by atoms with Gasteiger partial charge in [-0.3, -0.25) is 0 Å². The first-order valence-corrected chi connectivity index (χ1v) is 4.81. The molecule has 0 radical (unpaired) electrons. The largest absolute Gasteiger partial charge is 0.366 e. The van der Waals surface area contributed by atoms with Crippen molar-refractivity contribution in [3.05, 3.63) is 23.3 Å². The molecule has 2 rings (SSSR count). The molecule has 0 aliphatic carbocycles. The summed E-state index contributed by atoms with van der Waals surface area (Å²) >= 11 is 0. The van der Waals surface area contributed by atoms with Crippen LogP contribution in [0.2, 0.25) is 0 Å². The molecule has 2 nitrogen and oxygen atoms in total. The Morgan fingerprint density at radius 2 is 1.85 bits per heavy atom. The first-order valence-electron chi connectivity index (χ1n) is 4.81. The van der Waals surface area contributed by atoms with Crippen molar-refractivity contribution >= 4 is 11.4 Å². The van der Waals surface area contributed by atoms with Gasteiger partial charge in [0.1, 0.15) is 0 Å². The highest BCUT2D eigenvalue weighted by atomic mass is 15.1. The minimum absolute atomic E-state index is 0.585. The topological polar surface area (TPSA) is 24.1 Å². The van der Waals surface area contributed by atoms with E-state index in [9.17, 15) is 0 Å². The standard InChI is InChI=1S/C11H16N2/c1-7(2)9-5-4-8(3)10-11(9)13-6-12-10/h4-5,7,12-13H,6H2,1-3H3. The van der Waals surface area contributed by atoms with Crippen LogP contribution in [0.1, 0.15) is 30.9 Å². The molecule has 0 fully saturated rings. The van der Waals surface area contributed by atoms with Crippen molar-refractivity contribution in [2.45, 2.75) is 26.7 Å². The summed E-state index contributed by atoms with van der Waals surface area (Å²) in [6, 6.07) is 4.41. The first-order chi connectivity index (χ1) is 6.20. The summed E-state index contributed by atoms with van der Waals surface area (Å²) in [4.78, 5) is 0. The van der Waals surface area contributed by atoms with Gasteiger partial charge in [0.25, 0.3) is 0 Å². The highest BCUT2D eigenvalue weighted by molar-refractivity contribution is 5.79. The zero-order chi connectivity index (χ0) is 9.42. The van der Waals surface area contributed by atoms with E-state index in [1.807, 2.05) is 0 Å². The van der Waals surface area contributed by atoms with Crippen LogP contribution < -0.4 is 10.6 Å². The molecular weight excluding hydrogens is 160 g/mol. The van der Waals surface area contributed by atoms with E-state index in [1.54, 1.807) is 0 Å². The molecule has 70 valence electrons. The van der Waals surface area contributed by atoms with Gasteiger partial charge in [-0.2, -0.15) is 0 Å². The van der Waals surface area contributed by atoms with Crippen molar-refractivity contribution in [2.24, 2.45) is 0 Å². The normalized spacial score (nSPS) is 13.8. The summed E-state index contributed by atoms with van der Waals surface area (Å²) in [7, 11) is 0. The zero-order valence-corrected chi connectivity index (χ0v) is 8.44. The van der Waals surface area contributed by atoms with E-state index in [1.165, 1.54) is 22.5 Å². The second kappa shape index (κ2) is 2.95. The summed E-state index contributed by atoms with van der Waals surface area (Å²) in [5.41, 5.74) is 5.32. The lowest BCUT2D eigenvalue weighted by atomic mass is 9.98. The molecule has 1 aliphatic rings. The number of hydrogen-bond donors (Lipinski definition) is 2. The average molecular weight is 176 g/mol. The van der Waals surface area contributed by atoms with Crippen LogP contribution in [0.3, 0.4) is 0 Å². The summed E-state index contributed by atoms with van der Waals surface area (Å²) < 4.78 is 0. The molecule has 2 heteroatoms.